The molecule has 21 heavy (non-hydrogen) atoms. The van der Waals surface area contributed by atoms with Gasteiger partial charge in [0.1, 0.15) is 5.52 Å². The molecule has 0 bridgehead atoms. The molecule has 4 rings (SSSR count). The molecule has 0 radical (unpaired) electrons. The van der Waals surface area contributed by atoms with Crippen molar-refractivity contribution >= 4 is 27.3 Å². The van der Waals surface area contributed by atoms with Crippen LogP contribution < -0.4 is 5.32 Å². The Morgan fingerprint density at radius 3 is 2.81 bits per heavy atom. The Hall–Kier alpha value is -1.88. The van der Waals surface area contributed by atoms with E-state index in [2.05, 4.69) is 61.7 Å². The standard InChI is InChI=1S/C16H15BrN4/c17-13-10-19-21-9-8-18-16(15(13)21)20-14(12-6-7-12)11-4-2-1-3-5-11/h1-5,8-10,12,14H,6-7H2,(H,18,20). The van der Waals surface area contributed by atoms with Crippen molar-refractivity contribution in [1.82, 2.24) is 14.6 Å². The molecule has 106 valence electrons. The highest BCUT2D eigenvalue weighted by Crippen LogP contribution is 2.43. The minimum Gasteiger partial charge on any atom is -0.361 e. The summed E-state index contributed by atoms with van der Waals surface area (Å²) in [7, 11) is 0. The number of hydrogen-bond donors (Lipinski definition) is 1. The minimum absolute atomic E-state index is 0.312. The number of aromatic nitrogens is 3. The number of nitrogens with one attached hydrogen (secondary N) is 1. The monoisotopic (exact) mass is 342 g/mol. The van der Waals surface area contributed by atoms with Crippen molar-refractivity contribution in [3.05, 3.63) is 59.0 Å². The Bertz CT molecular complexity index is 764. The Morgan fingerprint density at radius 2 is 2.05 bits per heavy atom. The van der Waals surface area contributed by atoms with Gasteiger partial charge in [-0.25, -0.2) is 9.50 Å². The zero-order valence-electron chi connectivity index (χ0n) is 11.4. The third kappa shape index (κ3) is 2.42. The lowest BCUT2D eigenvalue weighted by atomic mass is 10.0. The lowest BCUT2D eigenvalue weighted by Crippen LogP contribution is -2.14. The second-order valence-electron chi connectivity index (χ2n) is 5.43. The van der Waals surface area contributed by atoms with Gasteiger partial charge in [-0.15, -0.1) is 0 Å². The van der Waals surface area contributed by atoms with Gasteiger partial charge in [0.25, 0.3) is 0 Å². The topological polar surface area (TPSA) is 42.2 Å². The first kappa shape index (κ1) is 12.8. The molecule has 2 aromatic heterocycles. The molecule has 1 aromatic carbocycles. The van der Waals surface area contributed by atoms with Crippen LogP contribution in [0.5, 0.6) is 0 Å². The second-order valence-corrected chi connectivity index (χ2v) is 6.29. The van der Waals surface area contributed by atoms with Crippen molar-refractivity contribution in [3.8, 4) is 0 Å². The molecule has 1 atom stereocenters. The van der Waals surface area contributed by atoms with Crippen molar-refractivity contribution in [2.45, 2.75) is 18.9 Å². The molecule has 1 fully saturated rings. The maximum absolute atomic E-state index is 4.51. The van der Waals surface area contributed by atoms with Gasteiger partial charge in [0.2, 0.25) is 0 Å². The molecule has 3 aromatic rings. The predicted octanol–water partition coefficient (Wildman–Crippen LogP) is 4.06. The van der Waals surface area contributed by atoms with Gasteiger partial charge in [-0.3, -0.25) is 0 Å². The summed E-state index contributed by atoms with van der Waals surface area (Å²) >= 11 is 3.55. The number of halogens is 1. The van der Waals surface area contributed by atoms with Crippen molar-refractivity contribution < 1.29 is 0 Å². The molecule has 0 spiro atoms. The highest BCUT2D eigenvalue weighted by molar-refractivity contribution is 9.10. The zero-order valence-corrected chi connectivity index (χ0v) is 13.0. The van der Waals surface area contributed by atoms with Crippen LogP contribution in [0.15, 0.2) is 53.4 Å². The maximum atomic E-state index is 4.51. The van der Waals surface area contributed by atoms with Gasteiger partial charge in [0.15, 0.2) is 5.82 Å². The smallest absolute Gasteiger partial charge is 0.153 e. The van der Waals surface area contributed by atoms with Crippen LogP contribution >= 0.6 is 15.9 Å². The van der Waals surface area contributed by atoms with Gasteiger partial charge in [0.05, 0.1) is 16.7 Å². The third-order valence-corrected chi connectivity index (χ3v) is 4.51. The number of rotatable bonds is 4. The summed E-state index contributed by atoms with van der Waals surface area (Å²) in [5.74, 6) is 1.57. The molecule has 1 N–H and O–H groups in total. The lowest BCUT2D eigenvalue weighted by molar-refractivity contribution is 0.675. The van der Waals surface area contributed by atoms with E-state index in [0.29, 0.717) is 12.0 Å². The number of hydrogen-bond acceptors (Lipinski definition) is 3. The van der Waals surface area contributed by atoms with Gasteiger partial charge in [-0.2, -0.15) is 5.10 Å². The maximum Gasteiger partial charge on any atom is 0.153 e. The second kappa shape index (κ2) is 5.15. The SMILES string of the molecule is Brc1cnn2ccnc(NC(c3ccccc3)C3CC3)c12. The molecule has 1 aliphatic carbocycles. The van der Waals surface area contributed by atoms with E-state index in [0.717, 1.165) is 15.8 Å². The van der Waals surface area contributed by atoms with Crippen LogP contribution in [0.25, 0.3) is 5.52 Å². The molecule has 5 heteroatoms. The minimum atomic E-state index is 0.312. The average Bonchev–Trinajstić information content (AvgIpc) is 3.29. The van der Waals surface area contributed by atoms with Crippen molar-refractivity contribution in [1.29, 1.82) is 0 Å². The van der Waals surface area contributed by atoms with Crippen LogP contribution in [0.2, 0.25) is 0 Å². The Labute approximate surface area is 131 Å². The summed E-state index contributed by atoms with van der Waals surface area (Å²) in [6, 6.07) is 10.9. The lowest BCUT2D eigenvalue weighted by Gasteiger charge is -2.20. The first-order valence-corrected chi connectivity index (χ1v) is 7.91. The summed E-state index contributed by atoms with van der Waals surface area (Å²) < 4.78 is 2.80. The van der Waals surface area contributed by atoms with E-state index in [1.165, 1.54) is 18.4 Å². The fraction of sp³-hybridized carbons (Fsp3) is 0.250. The molecule has 0 amide bonds. The van der Waals surface area contributed by atoms with Crippen LogP contribution in [0.1, 0.15) is 24.4 Å². The Kier molecular flexibility index (Phi) is 3.15. The molecule has 2 heterocycles. The number of anilines is 1. The molecular weight excluding hydrogens is 328 g/mol. The van der Waals surface area contributed by atoms with Crippen LogP contribution in [0.3, 0.4) is 0 Å². The summed E-state index contributed by atoms with van der Waals surface area (Å²) in [5.41, 5.74) is 2.30. The van der Waals surface area contributed by atoms with Gasteiger partial charge >= 0.3 is 0 Å². The highest BCUT2D eigenvalue weighted by Gasteiger charge is 2.33. The quantitative estimate of drug-likeness (QED) is 0.777. The third-order valence-electron chi connectivity index (χ3n) is 3.93. The first-order chi connectivity index (χ1) is 10.3. The van der Waals surface area contributed by atoms with E-state index < -0.39 is 0 Å². The molecule has 1 saturated carbocycles. The van der Waals surface area contributed by atoms with Crippen LogP contribution in [0, 0.1) is 5.92 Å². The molecule has 1 unspecified atom stereocenters. The van der Waals surface area contributed by atoms with E-state index in [-0.39, 0.29) is 0 Å². The number of nitrogens with zero attached hydrogens (tertiary/aromatic N) is 3. The summed E-state index contributed by atoms with van der Waals surface area (Å²) in [4.78, 5) is 4.51. The molecule has 0 saturated heterocycles. The first-order valence-electron chi connectivity index (χ1n) is 7.12. The van der Waals surface area contributed by atoms with Gasteiger partial charge < -0.3 is 5.32 Å². The number of fused-ring (bicyclic) bond motifs is 1. The van der Waals surface area contributed by atoms with Gasteiger partial charge in [-0.1, -0.05) is 30.3 Å². The summed E-state index contributed by atoms with van der Waals surface area (Å²) in [6.45, 7) is 0. The summed E-state index contributed by atoms with van der Waals surface area (Å²) in [5, 5.41) is 7.93. The van der Waals surface area contributed by atoms with Crippen LogP contribution in [-0.4, -0.2) is 14.6 Å². The van der Waals surface area contributed by atoms with E-state index in [1.807, 2.05) is 10.7 Å². The summed E-state index contributed by atoms with van der Waals surface area (Å²) in [6.07, 6.45) is 7.99. The molecule has 0 aliphatic heterocycles. The van der Waals surface area contributed by atoms with E-state index in [9.17, 15) is 0 Å². The van der Waals surface area contributed by atoms with E-state index in [1.54, 1.807) is 12.4 Å². The van der Waals surface area contributed by atoms with Gasteiger partial charge in [-0.05, 0) is 40.3 Å². The fourth-order valence-corrected chi connectivity index (χ4v) is 3.19. The van der Waals surface area contributed by atoms with Gasteiger partial charge in [0, 0.05) is 12.4 Å². The predicted molar refractivity (Wildman–Crippen MR) is 86.2 cm³/mol. The molecule has 4 nitrogen and oxygen atoms in total. The highest BCUT2D eigenvalue weighted by atomic mass is 79.9. The van der Waals surface area contributed by atoms with Crippen molar-refractivity contribution in [2.75, 3.05) is 5.32 Å². The van der Waals surface area contributed by atoms with Crippen molar-refractivity contribution in [2.24, 2.45) is 5.92 Å². The fourth-order valence-electron chi connectivity index (χ4n) is 2.72. The molecule has 1 aliphatic rings. The van der Waals surface area contributed by atoms with E-state index >= 15 is 0 Å². The Morgan fingerprint density at radius 1 is 1.24 bits per heavy atom. The zero-order chi connectivity index (χ0) is 14.2. The largest absolute Gasteiger partial charge is 0.361 e. The molecular formula is C16H15BrN4. The van der Waals surface area contributed by atoms with Crippen LogP contribution in [-0.2, 0) is 0 Å². The normalized spacial score (nSPS) is 16.0. The number of benzene rings is 1. The Balaban J connectivity index is 1.73. The van der Waals surface area contributed by atoms with Crippen molar-refractivity contribution in [3.63, 3.8) is 0 Å². The van der Waals surface area contributed by atoms with E-state index in [4.69, 9.17) is 0 Å². The van der Waals surface area contributed by atoms with Crippen LogP contribution in [0.4, 0.5) is 5.82 Å². The average molecular weight is 343 g/mol.